The predicted octanol–water partition coefficient (Wildman–Crippen LogP) is 4.57. The highest BCUT2D eigenvalue weighted by atomic mass is 16.5. The number of carbonyl (C=O) groups excluding carboxylic acids is 3. The van der Waals surface area contributed by atoms with Gasteiger partial charge in [-0.05, 0) is 66.4 Å². The van der Waals surface area contributed by atoms with Crippen LogP contribution in [0.4, 0.5) is 5.69 Å². The fourth-order valence-electron chi connectivity index (χ4n) is 4.72. The molecule has 2 aliphatic rings. The van der Waals surface area contributed by atoms with Gasteiger partial charge >= 0.3 is 5.97 Å². The average Bonchev–Trinajstić information content (AvgIpc) is 3.18. The number of aryl methyl sites for hydroxylation is 1. The van der Waals surface area contributed by atoms with Crippen molar-refractivity contribution in [2.75, 3.05) is 18.6 Å². The predicted molar refractivity (Wildman–Crippen MR) is 136 cm³/mol. The molecule has 8 heteroatoms. The number of carbonyl (C=O) groups is 3. The van der Waals surface area contributed by atoms with Crippen LogP contribution in [0.1, 0.15) is 36.1 Å². The van der Waals surface area contributed by atoms with Gasteiger partial charge in [-0.25, -0.2) is 0 Å². The van der Waals surface area contributed by atoms with Crippen LogP contribution in [0.15, 0.2) is 72.3 Å². The van der Waals surface area contributed by atoms with Crippen LogP contribution in [0.3, 0.4) is 0 Å². The number of methoxy groups -OCH3 is 1. The summed E-state index contributed by atoms with van der Waals surface area (Å²) in [7, 11) is 1.51. The van der Waals surface area contributed by atoms with E-state index in [1.807, 2.05) is 0 Å². The summed E-state index contributed by atoms with van der Waals surface area (Å²) >= 11 is 0. The molecule has 0 saturated carbocycles. The first-order chi connectivity index (χ1) is 17.9. The summed E-state index contributed by atoms with van der Waals surface area (Å²) in [5.41, 5.74) is 2.31. The van der Waals surface area contributed by atoms with Crippen molar-refractivity contribution in [3.05, 3.63) is 89.0 Å². The number of ether oxygens (including phenoxy) is 3. The summed E-state index contributed by atoms with van der Waals surface area (Å²) in [6, 6.07) is 17.6. The van der Waals surface area contributed by atoms with Gasteiger partial charge in [-0.1, -0.05) is 18.2 Å². The number of hydrogen-bond donors (Lipinski definition) is 1. The van der Waals surface area contributed by atoms with Crippen molar-refractivity contribution in [3.63, 3.8) is 0 Å². The molecule has 1 amide bonds. The SMILES string of the molecule is COc1cccc(N2C(=O)C(=O)/C(=C(\O)c3ccc4c(c3)CCCO4)C2c2ccc(OC(C)=O)cc2)c1. The van der Waals surface area contributed by atoms with Crippen molar-refractivity contribution in [2.24, 2.45) is 0 Å². The Morgan fingerprint density at radius 2 is 1.81 bits per heavy atom. The van der Waals surface area contributed by atoms with Crippen molar-refractivity contribution in [3.8, 4) is 17.2 Å². The first kappa shape index (κ1) is 24.1. The topological polar surface area (TPSA) is 102 Å². The highest BCUT2D eigenvalue weighted by Crippen LogP contribution is 2.43. The van der Waals surface area contributed by atoms with Crippen LogP contribution in [-0.4, -0.2) is 36.5 Å². The van der Waals surface area contributed by atoms with E-state index in [-0.39, 0.29) is 11.3 Å². The van der Waals surface area contributed by atoms with Crippen molar-refractivity contribution >= 4 is 29.1 Å². The molecule has 1 saturated heterocycles. The number of nitrogens with zero attached hydrogens (tertiary/aromatic N) is 1. The molecule has 188 valence electrons. The summed E-state index contributed by atoms with van der Waals surface area (Å²) in [6.07, 6.45) is 1.64. The normalized spacial score (nSPS) is 18.2. The van der Waals surface area contributed by atoms with E-state index in [2.05, 4.69) is 0 Å². The minimum absolute atomic E-state index is 0.0373. The number of benzene rings is 3. The van der Waals surface area contributed by atoms with Crippen LogP contribution in [-0.2, 0) is 20.8 Å². The van der Waals surface area contributed by atoms with E-state index >= 15 is 0 Å². The maximum atomic E-state index is 13.4. The zero-order valence-electron chi connectivity index (χ0n) is 20.4. The fraction of sp³-hybridized carbons (Fsp3) is 0.207. The lowest BCUT2D eigenvalue weighted by Crippen LogP contribution is -2.29. The average molecular weight is 500 g/mol. The summed E-state index contributed by atoms with van der Waals surface area (Å²) in [5, 5.41) is 11.4. The molecule has 0 aliphatic carbocycles. The lowest BCUT2D eigenvalue weighted by molar-refractivity contribution is -0.132. The molecule has 0 spiro atoms. The Kier molecular flexibility index (Phi) is 6.40. The van der Waals surface area contributed by atoms with Gasteiger partial charge in [0, 0.05) is 24.2 Å². The molecule has 1 atom stereocenters. The first-order valence-electron chi connectivity index (χ1n) is 11.9. The molecule has 0 aromatic heterocycles. The van der Waals surface area contributed by atoms with E-state index in [1.165, 1.54) is 18.9 Å². The Balaban J connectivity index is 1.66. The van der Waals surface area contributed by atoms with E-state index < -0.39 is 23.7 Å². The third kappa shape index (κ3) is 4.53. The Bertz CT molecular complexity index is 1420. The smallest absolute Gasteiger partial charge is 0.308 e. The van der Waals surface area contributed by atoms with Gasteiger partial charge in [0.05, 0.1) is 25.3 Å². The van der Waals surface area contributed by atoms with E-state index in [9.17, 15) is 19.5 Å². The van der Waals surface area contributed by atoms with Gasteiger partial charge in [-0.15, -0.1) is 0 Å². The standard InChI is InChI=1S/C29H25NO7/c1-17(31)37-22-11-8-18(9-12-22)26-25(27(32)20-10-13-24-19(15-20)5-4-14-36-24)28(33)29(34)30(26)21-6-3-7-23(16-21)35-2/h3,6-13,15-16,26,32H,4-5,14H2,1-2H3/b27-25-. The Morgan fingerprint density at radius 3 is 2.54 bits per heavy atom. The molecule has 1 unspecified atom stereocenters. The molecule has 37 heavy (non-hydrogen) atoms. The van der Waals surface area contributed by atoms with Gasteiger partial charge in [0.15, 0.2) is 0 Å². The minimum Gasteiger partial charge on any atom is -0.507 e. The van der Waals surface area contributed by atoms with Crippen LogP contribution in [0, 0.1) is 0 Å². The number of esters is 1. The lowest BCUT2D eigenvalue weighted by Gasteiger charge is -2.26. The van der Waals surface area contributed by atoms with Gasteiger partial charge in [0.25, 0.3) is 11.7 Å². The van der Waals surface area contributed by atoms with Crippen LogP contribution < -0.4 is 19.1 Å². The number of anilines is 1. The van der Waals surface area contributed by atoms with Gasteiger partial charge in [0.1, 0.15) is 23.0 Å². The quantitative estimate of drug-likeness (QED) is 0.180. The lowest BCUT2D eigenvalue weighted by atomic mass is 9.93. The Morgan fingerprint density at radius 1 is 1.03 bits per heavy atom. The second-order valence-corrected chi connectivity index (χ2v) is 8.81. The maximum Gasteiger partial charge on any atom is 0.308 e. The van der Waals surface area contributed by atoms with Crippen molar-refractivity contribution in [1.82, 2.24) is 0 Å². The number of ketones is 1. The van der Waals surface area contributed by atoms with Crippen LogP contribution in [0.25, 0.3) is 5.76 Å². The molecule has 3 aromatic rings. The van der Waals surface area contributed by atoms with Crippen molar-refractivity contribution in [2.45, 2.75) is 25.8 Å². The molecule has 8 nitrogen and oxygen atoms in total. The van der Waals surface area contributed by atoms with E-state index in [4.69, 9.17) is 14.2 Å². The number of fused-ring (bicyclic) bond motifs is 1. The van der Waals surface area contributed by atoms with E-state index in [0.717, 1.165) is 24.2 Å². The number of rotatable bonds is 5. The molecule has 0 bridgehead atoms. The molecule has 0 radical (unpaired) electrons. The van der Waals surface area contributed by atoms with Crippen LogP contribution in [0.2, 0.25) is 0 Å². The number of aliphatic hydroxyl groups excluding tert-OH is 1. The molecule has 3 aromatic carbocycles. The second-order valence-electron chi connectivity index (χ2n) is 8.81. The number of Topliss-reactive ketones (excluding diaryl/α,β-unsaturated/α-hetero) is 1. The van der Waals surface area contributed by atoms with E-state index in [0.29, 0.717) is 34.9 Å². The molecule has 2 heterocycles. The molecule has 1 N–H and O–H groups in total. The third-order valence-corrected chi connectivity index (χ3v) is 6.42. The molecule has 5 rings (SSSR count). The summed E-state index contributed by atoms with van der Waals surface area (Å²) in [4.78, 5) is 39.5. The highest BCUT2D eigenvalue weighted by molar-refractivity contribution is 6.51. The van der Waals surface area contributed by atoms with Gasteiger partial charge in [-0.2, -0.15) is 0 Å². The molecule has 1 fully saturated rings. The fourth-order valence-corrected chi connectivity index (χ4v) is 4.72. The Labute approximate surface area is 213 Å². The maximum absolute atomic E-state index is 13.4. The highest BCUT2D eigenvalue weighted by Gasteiger charge is 2.47. The molecular formula is C29H25NO7. The molecular weight excluding hydrogens is 474 g/mol. The van der Waals surface area contributed by atoms with Crippen LogP contribution in [0.5, 0.6) is 17.2 Å². The summed E-state index contributed by atoms with van der Waals surface area (Å²) < 4.78 is 16.1. The third-order valence-electron chi connectivity index (χ3n) is 6.42. The van der Waals surface area contributed by atoms with Crippen molar-refractivity contribution in [1.29, 1.82) is 0 Å². The minimum atomic E-state index is -0.925. The molecule has 2 aliphatic heterocycles. The van der Waals surface area contributed by atoms with Crippen molar-refractivity contribution < 1.29 is 33.7 Å². The monoisotopic (exact) mass is 499 g/mol. The largest absolute Gasteiger partial charge is 0.507 e. The van der Waals surface area contributed by atoms with Crippen LogP contribution >= 0.6 is 0 Å². The summed E-state index contributed by atoms with van der Waals surface area (Å²) in [5.74, 6) is -0.731. The second kappa shape index (κ2) is 9.81. The first-order valence-corrected chi connectivity index (χ1v) is 11.9. The van der Waals surface area contributed by atoms with E-state index in [1.54, 1.807) is 66.7 Å². The van der Waals surface area contributed by atoms with Gasteiger partial charge in [-0.3, -0.25) is 19.3 Å². The van der Waals surface area contributed by atoms with Gasteiger partial charge in [0.2, 0.25) is 0 Å². The number of amides is 1. The van der Waals surface area contributed by atoms with Gasteiger partial charge < -0.3 is 19.3 Å². The number of hydrogen-bond acceptors (Lipinski definition) is 7. The summed E-state index contributed by atoms with van der Waals surface area (Å²) in [6.45, 7) is 1.93. The number of aliphatic hydroxyl groups is 1. The zero-order valence-corrected chi connectivity index (χ0v) is 20.4. The Hall–Kier alpha value is -4.59. The zero-order chi connectivity index (χ0) is 26.1.